The first kappa shape index (κ1) is 8.01. The summed E-state index contributed by atoms with van der Waals surface area (Å²) in [5.41, 5.74) is 2.00. The molecule has 0 saturated heterocycles. The maximum Gasteiger partial charge on any atom is 0.121 e. The molecule has 0 fully saturated rings. The summed E-state index contributed by atoms with van der Waals surface area (Å²) >= 11 is 0. The molecule has 0 unspecified atom stereocenters. The van der Waals surface area contributed by atoms with Gasteiger partial charge in [0, 0.05) is 0 Å². The first-order valence-corrected chi connectivity index (χ1v) is 4.08. The maximum atomic E-state index is 8.99. The summed E-state index contributed by atoms with van der Waals surface area (Å²) in [7, 11) is 0. The molecule has 0 spiro atoms. The van der Waals surface area contributed by atoms with Gasteiger partial charge in [0.2, 0.25) is 0 Å². The zero-order valence-electron chi connectivity index (χ0n) is 7.09. The van der Waals surface area contributed by atoms with E-state index in [1.165, 1.54) is 0 Å². The minimum absolute atomic E-state index is 0.0375. The molecule has 0 aliphatic rings. The number of rotatable bonds is 2. The van der Waals surface area contributed by atoms with Gasteiger partial charge < -0.3 is 9.67 Å². The van der Waals surface area contributed by atoms with Crippen LogP contribution in [0.1, 0.15) is 0 Å². The lowest BCUT2D eigenvalue weighted by Gasteiger charge is -2.03. The van der Waals surface area contributed by atoms with Gasteiger partial charge in [-0.15, -0.1) is 0 Å². The van der Waals surface area contributed by atoms with Crippen LogP contribution < -0.4 is 0 Å². The molecule has 3 heteroatoms. The molecule has 66 valence electrons. The Bertz CT molecular complexity index is 381. The highest BCUT2D eigenvalue weighted by Gasteiger charge is 2.01. The van der Waals surface area contributed by atoms with E-state index < -0.39 is 0 Å². The van der Waals surface area contributed by atoms with Crippen molar-refractivity contribution >= 4 is 0 Å². The van der Waals surface area contributed by atoms with Crippen molar-refractivity contribution in [1.82, 2.24) is 9.55 Å². The van der Waals surface area contributed by atoms with Gasteiger partial charge >= 0.3 is 0 Å². The van der Waals surface area contributed by atoms with E-state index in [2.05, 4.69) is 4.98 Å². The van der Waals surface area contributed by atoms with E-state index in [0.717, 1.165) is 11.3 Å². The van der Waals surface area contributed by atoms with Crippen LogP contribution in [0.25, 0.3) is 11.3 Å². The first-order chi connectivity index (χ1) is 6.42. The van der Waals surface area contributed by atoms with Crippen LogP contribution in [0.5, 0.6) is 0 Å². The second-order valence-corrected chi connectivity index (χ2v) is 2.76. The summed E-state index contributed by atoms with van der Waals surface area (Å²) in [4.78, 5) is 3.97. The summed E-state index contributed by atoms with van der Waals surface area (Å²) in [6.07, 6.45) is 3.36. The molecule has 1 heterocycles. The lowest BCUT2D eigenvalue weighted by molar-refractivity contribution is 0.212. The molecule has 0 aliphatic heterocycles. The van der Waals surface area contributed by atoms with Crippen LogP contribution in [0.4, 0.5) is 0 Å². The van der Waals surface area contributed by atoms with Gasteiger partial charge in [-0.05, 0) is 5.56 Å². The van der Waals surface area contributed by atoms with Crippen molar-refractivity contribution in [1.29, 1.82) is 0 Å². The van der Waals surface area contributed by atoms with E-state index in [1.807, 2.05) is 30.3 Å². The molecule has 0 aliphatic carbocycles. The van der Waals surface area contributed by atoms with Gasteiger partial charge in [0.15, 0.2) is 0 Å². The summed E-state index contributed by atoms with van der Waals surface area (Å²) in [5.74, 6) is 0. The molecule has 1 aromatic heterocycles. The van der Waals surface area contributed by atoms with E-state index in [9.17, 15) is 0 Å². The van der Waals surface area contributed by atoms with Crippen molar-refractivity contribution in [3.63, 3.8) is 0 Å². The predicted molar refractivity (Wildman–Crippen MR) is 49.9 cm³/mol. The van der Waals surface area contributed by atoms with Crippen LogP contribution in [0.2, 0.25) is 0 Å². The van der Waals surface area contributed by atoms with Crippen molar-refractivity contribution in [3.05, 3.63) is 42.9 Å². The zero-order chi connectivity index (χ0) is 9.10. The smallest absolute Gasteiger partial charge is 0.121 e. The fraction of sp³-hybridized carbons (Fsp3) is 0.100. The fourth-order valence-electron chi connectivity index (χ4n) is 1.28. The largest absolute Gasteiger partial charge is 0.376 e. The number of nitrogens with zero attached hydrogens (tertiary/aromatic N) is 2. The highest BCUT2D eigenvalue weighted by molar-refractivity contribution is 5.58. The lowest BCUT2D eigenvalue weighted by atomic mass is 10.2. The van der Waals surface area contributed by atoms with Gasteiger partial charge in [0.05, 0.1) is 18.2 Å². The van der Waals surface area contributed by atoms with Crippen LogP contribution in [0, 0.1) is 0 Å². The SMILES string of the molecule is OCn1cncc1-c1ccccc1. The van der Waals surface area contributed by atoms with Crippen molar-refractivity contribution < 1.29 is 5.11 Å². The molecular formula is C10H10N2O. The topological polar surface area (TPSA) is 38.0 Å². The monoisotopic (exact) mass is 174 g/mol. The van der Waals surface area contributed by atoms with Crippen molar-refractivity contribution in [2.45, 2.75) is 6.73 Å². The maximum absolute atomic E-state index is 8.99. The Morgan fingerprint density at radius 3 is 2.69 bits per heavy atom. The fourth-order valence-corrected chi connectivity index (χ4v) is 1.28. The molecule has 3 nitrogen and oxygen atoms in total. The van der Waals surface area contributed by atoms with Crippen LogP contribution in [-0.4, -0.2) is 14.7 Å². The average molecular weight is 174 g/mol. The third-order valence-electron chi connectivity index (χ3n) is 1.93. The summed E-state index contributed by atoms with van der Waals surface area (Å²) in [6.45, 7) is -0.0375. The summed E-state index contributed by atoms with van der Waals surface area (Å²) < 4.78 is 1.69. The van der Waals surface area contributed by atoms with Gasteiger partial charge in [0.1, 0.15) is 6.73 Å². The van der Waals surface area contributed by atoms with Gasteiger partial charge in [0.25, 0.3) is 0 Å². The standard InChI is InChI=1S/C10H10N2O/c13-8-12-7-11-6-10(12)9-4-2-1-3-5-9/h1-7,13H,8H2. The van der Waals surface area contributed by atoms with Gasteiger partial charge in [-0.1, -0.05) is 30.3 Å². The minimum Gasteiger partial charge on any atom is -0.376 e. The average Bonchev–Trinajstić information content (AvgIpc) is 2.67. The Hall–Kier alpha value is -1.61. The Morgan fingerprint density at radius 1 is 1.23 bits per heavy atom. The van der Waals surface area contributed by atoms with Crippen molar-refractivity contribution in [3.8, 4) is 11.3 Å². The summed E-state index contributed by atoms with van der Waals surface area (Å²) in [6, 6.07) is 9.86. The van der Waals surface area contributed by atoms with Crippen LogP contribution in [0.3, 0.4) is 0 Å². The Labute approximate surface area is 76.3 Å². The third kappa shape index (κ3) is 1.46. The Kier molecular flexibility index (Phi) is 2.10. The molecule has 13 heavy (non-hydrogen) atoms. The second-order valence-electron chi connectivity index (χ2n) is 2.76. The predicted octanol–water partition coefficient (Wildman–Crippen LogP) is 1.50. The van der Waals surface area contributed by atoms with Crippen LogP contribution in [-0.2, 0) is 6.73 Å². The van der Waals surface area contributed by atoms with Gasteiger partial charge in [-0.3, -0.25) is 0 Å². The molecule has 2 rings (SSSR count). The van der Waals surface area contributed by atoms with E-state index >= 15 is 0 Å². The molecule has 1 aromatic carbocycles. The van der Waals surface area contributed by atoms with Crippen molar-refractivity contribution in [2.24, 2.45) is 0 Å². The number of aliphatic hydroxyl groups is 1. The van der Waals surface area contributed by atoms with E-state index in [0.29, 0.717) is 0 Å². The second kappa shape index (κ2) is 3.41. The first-order valence-electron chi connectivity index (χ1n) is 4.08. The lowest BCUT2D eigenvalue weighted by Crippen LogP contribution is -1.96. The summed E-state index contributed by atoms with van der Waals surface area (Å²) in [5, 5.41) is 8.99. The van der Waals surface area contributed by atoms with Gasteiger partial charge in [-0.25, -0.2) is 4.98 Å². The van der Waals surface area contributed by atoms with Crippen molar-refractivity contribution in [2.75, 3.05) is 0 Å². The molecule has 0 amide bonds. The molecule has 2 aromatic rings. The van der Waals surface area contributed by atoms with Gasteiger partial charge in [-0.2, -0.15) is 0 Å². The molecule has 0 bridgehead atoms. The van der Waals surface area contributed by atoms with E-state index in [4.69, 9.17) is 5.11 Å². The number of imidazole rings is 1. The molecule has 0 atom stereocenters. The highest BCUT2D eigenvalue weighted by Crippen LogP contribution is 2.17. The minimum atomic E-state index is -0.0375. The molecular weight excluding hydrogens is 164 g/mol. The highest BCUT2D eigenvalue weighted by atomic mass is 16.3. The Morgan fingerprint density at radius 2 is 2.00 bits per heavy atom. The molecule has 0 saturated carbocycles. The number of hydrogen-bond donors (Lipinski definition) is 1. The molecule has 0 radical (unpaired) electrons. The number of aliphatic hydroxyl groups excluding tert-OH is 1. The number of benzene rings is 1. The van der Waals surface area contributed by atoms with E-state index in [-0.39, 0.29) is 6.73 Å². The normalized spacial score (nSPS) is 10.2. The number of aromatic nitrogens is 2. The molecule has 1 N–H and O–H groups in total. The van der Waals surface area contributed by atoms with Crippen LogP contribution in [0.15, 0.2) is 42.9 Å². The van der Waals surface area contributed by atoms with E-state index in [1.54, 1.807) is 17.1 Å². The number of hydrogen-bond acceptors (Lipinski definition) is 2. The zero-order valence-corrected chi connectivity index (χ0v) is 7.09. The Balaban J connectivity index is 2.47. The quantitative estimate of drug-likeness (QED) is 0.749. The third-order valence-corrected chi connectivity index (χ3v) is 1.93. The van der Waals surface area contributed by atoms with Crippen LogP contribution >= 0.6 is 0 Å².